The number of anilines is 2. The average molecular weight is 337 g/mol. The Morgan fingerprint density at radius 3 is 2.62 bits per heavy atom. The molecule has 0 radical (unpaired) electrons. The van der Waals surface area contributed by atoms with Gasteiger partial charge in [0.15, 0.2) is 0 Å². The van der Waals surface area contributed by atoms with Crippen molar-refractivity contribution in [2.45, 2.75) is 26.2 Å². The Labute approximate surface area is 142 Å². The fourth-order valence-electron chi connectivity index (χ4n) is 2.87. The highest BCUT2D eigenvalue weighted by Crippen LogP contribution is 2.35. The molecule has 2 aromatic rings. The van der Waals surface area contributed by atoms with E-state index in [2.05, 4.69) is 0 Å². The lowest BCUT2D eigenvalue weighted by Gasteiger charge is -2.38. The Bertz CT molecular complexity index is 797. The van der Waals surface area contributed by atoms with E-state index in [9.17, 15) is 13.2 Å². The van der Waals surface area contributed by atoms with Crippen LogP contribution in [0.2, 0.25) is 0 Å². The summed E-state index contributed by atoms with van der Waals surface area (Å²) in [5.41, 5.74) is 6.96. The Morgan fingerprint density at radius 2 is 1.92 bits per heavy atom. The van der Waals surface area contributed by atoms with Gasteiger partial charge in [0.1, 0.15) is 0 Å². The van der Waals surface area contributed by atoms with Crippen LogP contribution in [0, 0.1) is 0 Å². The van der Waals surface area contributed by atoms with Crippen LogP contribution in [0.15, 0.2) is 42.5 Å². The lowest BCUT2D eigenvalue weighted by molar-refractivity contribution is -0.138. The smallest absolute Gasteiger partial charge is 0.398 e. The fourth-order valence-corrected chi connectivity index (χ4v) is 2.87. The van der Waals surface area contributed by atoms with Crippen LogP contribution in [0.5, 0.6) is 0 Å². The first kappa shape index (κ1) is 14.2. The first-order valence-corrected chi connectivity index (χ1v) is 7.66. The number of rotatable bonds is 3. The highest BCUT2D eigenvalue weighted by Gasteiger charge is 2.34. The van der Waals surface area contributed by atoms with Crippen molar-refractivity contribution >= 4 is 11.4 Å². The minimum absolute atomic E-state index is 0.0449. The minimum atomic E-state index is -4.48. The maximum absolute atomic E-state index is 13.3. The average Bonchev–Trinajstić information content (AvgIpc) is 2.58. The molecule has 128 valence electrons. The molecule has 0 fully saturated rings. The molecule has 24 heavy (non-hydrogen) atoms. The topological polar surface area (TPSA) is 32.5 Å². The molecule has 2 aromatic carbocycles. The second kappa shape index (κ2) is 6.36. The number of hydrogen-bond donors (Lipinski definition) is 1. The number of nitrogens with two attached hydrogens (primary N) is 1. The Kier molecular flexibility index (Phi) is 3.75. The molecule has 6 heteroatoms. The number of hydrogen-bond acceptors (Lipinski definition) is 3. The van der Waals surface area contributed by atoms with Crippen molar-refractivity contribution in [1.82, 2.24) is 4.90 Å². The van der Waals surface area contributed by atoms with Crippen LogP contribution in [-0.2, 0) is 19.2 Å². The largest absolute Gasteiger partial charge is 0.416 e. The van der Waals surface area contributed by atoms with Gasteiger partial charge in [-0.25, -0.2) is 0 Å². The van der Waals surface area contributed by atoms with Crippen molar-refractivity contribution in [3.8, 4) is 0 Å². The summed E-state index contributed by atoms with van der Waals surface area (Å²) in [6.45, 7) is 0.188. The van der Waals surface area contributed by atoms with Gasteiger partial charge in [0.25, 0.3) is 0 Å². The zero-order valence-electron chi connectivity index (χ0n) is 15.2. The van der Waals surface area contributed by atoms with Crippen LogP contribution in [0.25, 0.3) is 0 Å². The Balaban J connectivity index is 2.03. The van der Waals surface area contributed by atoms with Crippen molar-refractivity contribution in [3.05, 3.63) is 59.2 Å². The third-order valence-corrected chi connectivity index (χ3v) is 4.03. The number of halogens is 3. The summed E-state index contributed by atoms with van der Waals surface area (Å²) in [6.07, 6.45) is -4.48. The van der Waals surface area contributed by atoms with Gasteiger partial charge >= 0.3 is 6.18 Å². The maximum Gasteiger partial charge on any atom is 0.416 e. The van der Waals surface area contributed by atoms with Crippen LogP contribution >= 0.6 is 0 Å². The molecule has 0 aromatic heterocycles. The number of benzene rings is 2. The van der Waals surface area contributed by atoms with Crippen molar-refractivity contribution in [2.24, 2.45) is 0 Å². The standard InChI is InChI=1S/C18H20F3N3/c1-2-24-12-23(11-14-16(22)8-5-9-17(14)24)10-13-6-3-4-7-15(13)18(19,20)21/h3-9H,2,10-12,22H2,1H3/i11D,12D. The van der Waals surface area contributed by atoms with Crippen LogP contribution < -0.4 is 10.6 Å². The molecule has 3 nitrogen and oxygen atoms in total. The molecular weight excluding hydrogens is 315 g/mol. The predicted molar refractivity (Wildman–Crippen MR) is 89.4 cm³/mol. The Hall–Kier alpha value is -2.21. The molecule has 0 aliphatic carbocycles. The lowest BCUT2D eigenvalue weighted by Crippen LogP contribution is -2.42. The third-order valence-electron chi connectivity index (χ3n) is 4.03. The van der Waals surface area contributed by atoms with Crippen LogP contribution in [-0.4, -0.2) is 18.1 Å². The van der Waals surface area contributed by atoms with Crippen molar-refractivity contribution < 1.29 is 15.9 Å². The van der Waals surface area contributed by atoms with Gasteiger partial charge in [-0.3, -0.25) is 4.90 Å². The first-order chi connectivity index (χ1) is 12.3. The summed E-state index contributed by atoms with van der Waals surface area (Å²) >= 11 is 0. The second-order valence-corrected chi connectivity index (χ2v) is 5.64. The lowest BCUT2D eigenvalue weighted by atomic mass is 10.0. The van der Waals surface area contributed by atoms with Gasteiger partial charge in [0.2, 0.25) is 0 Å². The van der Waals surface area contributed by atoms with Gasteiger partial charge in [0, 0.05) is 37.9 Å². The third kappa shape index (κ3) is 3.19. The SMILES string of the molecule is [2H]C1c2c(N)cccc2N(CC)C([2H])N1Cc1ccccc1C(F)(F)F. The molecule has 1 aliphatic rings. The van der Waals surface area contributed by atoms with Crippen LogP contribution in [0.3, 0.4) is 0 Å². The van der Waals surface area contributed by atoms with E-state index in [4.69, 9.17) is 8.48 Å². The molecule has 2 atom stereocenters. The van der Waals surface area contributed by atoms with E-state index in [-0.39, 0.29) is 12.1 Å². The van der Waals surface area contributed by atoms with Crippen molar-refractivity contribution in [3.63, 3.8) is 0 Å². The normalized spacial score (nSPS) is 22.8. The molecule has 2 unspecified atom stereocenters. The van der Waals surface area contributed by atoms with E-state index in [0.717, 1.165) is 6.07 Å². The Morgan fingerprint density at radius 1 is 1.17 bits per heavy atom. The molecule has 0 saturated carbocycles. The molecule has 2 N–H and O–H groups in total. The van der Waals surface area contributed by atoms with Gasteiger partial charge in [-0.2, -0.15) is 13.2 Å². The van der Waals surface area contributed by atoms with Crippen molar-refractivity contribution in [1.29, 1.82) is 0 Å². The minimum Gasteiger partial charge on any atom is -0.398 e. The molecule has 0 amide bonds. The van der Waals surface area contributed by atoms with E-state index < -0.39 is 24.9 Å². The highest BCUT2D eigenvalue weighted by atomic mass is 19.4. The molecule has 0 saturated heterocycles. The summed E-state index contributed by atoms with van der Waals surface area (Å²) in [6, 6.07) is 10.5. The summed E-state index contributed by atoms with van der Waals surface area (Å²) in [4.78, 5) is 3.14. The molecule has 0 bridgehead atoms. The fraction of sp³-hybridized carbons (Fsp3) is 0.333. The number of fused-ring (bicyclic) bond motifs is 1. The summed E-state index contributed by atoms with van der Waals surface area (Å²) in [5.74, 6) is 0. The van der Waals surface area contributed by atoms with E-state index in [0.29, 0.717) is 23.5 Å². The molecule has 3 rings (SSSR count). The second-order valence-electron chi connectivity index (χ2n) is 5.64. The monoisotopic (exact) mass is 337 g/mol. The number of nitrogen functional groups attached to an aromatic ring is 1. The van der Waals surface area contributed by atoms with Gasteiger partial charge in [-0.1, -0.05) is 24.3 Å². The molecular formula is C18H20F3N3. The van der Waals surface area contributed by atoms with Gasteiger partial charge in [-0.05, 0) is 30.7 Å². The van der Waals surface area contributed by atoms with Gasteiger partial charge in [-0.15, -0.1) is 0 Å². The van der Waals surface area contributed by atoms with E-state index in [1.54, 1.807) is 23.1 Å². The predicted octanol–water partition coefficient (Wildman–Crippen LogP) is 4.09. The quantitative estimate of drug-likeness (QED) is 0.857. The summed E-state index contributed by atoms with van der Waals surface area (Å²) < 4.78 is 56.9. The summed E-state index contributed by atoms with van der Waals surface area (Å²) in [5, 5.41) is 0. The highest BCUT2D eigenvalue weighted by molar-refractivity contribution is 5.65. The molecule has 1 heterocycles. The van der Waals surface area contributed by atoms with Gasteiger partial charge < -0.3 is 10.6 Å². The van der Waals surface area contributed by atoms with Gasteiger partial charge in [0.05, 0.1) is 13.6 Å². The number of nitrogens with zero attached hydrogens (tertiary/aromatic N) is 2. The van der Waals surface area contributed by atoms with Crippen molar-refractivity contribution in [2.75, 3.05) is 23.8 Å². The van der Waals surface area contributed by atoms with E-state index in [1.165, 1.54) is 23.1 Å². The summed E-state index contributed by atoms with van der Waals surface area (Å²) in [7, 11) is 0. The van der Waals surface area contributed by atoms with E-state index >= 15 is 0 Å². The van der Waals surface area contributed by atoms with Crippen LogP contribution in [0.4, 0.5) is 24.5 Å². The van der Waals surface area contributed by atoms with E-state index in [1.807, 2.05) is 6.92 Å². The molecule has 0 spiro atoms. The molecule has 1 aliphatic heterocycles. The zero-order valence-corrected chi connectivity index (χ0v) is 13.2. The van der Waals surface area contributed by atoms with Crippen LogP contribution in [0.1, 0.15) is 26.4 Å². The zero-order chi connectivity index (χ0) is 19.1. The number of alkyl halides is 3. The maximum atomic E-state index is 13.3. The first-order valence-electron chi connectivity index (χ1n) is 8.81.